The van der Waals surface area contributed by atoms with E-state index in [1.165, 1.54) is 47.7 Å². The molecule has 0 atom stereocenters. The molecule has 0 spiro atoms. The van der Waals surface area contributed by atoms with Gasteiger partial charge in [0.2, 0.25) is 0 Å². The maximum atomic E-state index is 4.09. The minimum Gasteiger partial charge on any atom is -0.0987 e. The van der Waals surface area contributed by atoms with E-state index in [9.17, 15) is 0 Å². The Morgan fingerprint density at radius 3 is 2.33 bits per heavy atom. The van der Waals surface area contributed by atoms with Crippen LogP contribution in [0.4, 0.5) is 0 Å². The van der Waals surface area contributed by atoms with Gasteiger partial charge in [-0.15, -0.1) is 0 Å². The Balaban J connectivity index is 1.95. The zero-order valence-corrected chi connectivity index (χ0v) is 18.2. The minimum atomic E-state index is -0.0407. The SMILES string of the molecule is C=CC1=C(/C=C\C)c2ccc(-c3ccc(I)c4ccccc34)cc2C1(C)C. The third kappa shape index (κ3) is 2.80. The van der Waals surface area contributed by atoms with E-state index in [1.54, 1.807) is 0 Å². The number of hydrogen-bond donors (Lipinski definition) is 0. The summed E-state index contributed by atoms with van der Waals surface area (Å²) >= 11 is 2.42. The van der Waals surface area contributed by atoms with Gasteiger partial charge in [0.25, 0.3) is 0 Å². The third-order valence-corrected chi connectivity index (χ3v) is 6.61. The van der Waals surface area contributed by atoms with Gasteiger partial charge in [-0.3, -0.25) is 0 Å². The van der Waals surface area contributed by atoms with E-state index >= 15 is 0 Å². The summed E-state index contributed by atoms with van der Waals surface area (Å²) < 4.78 is 1.29. The molecule has 0 nitrogen and oxygen atoms in total. The van der Waals surface area contributed by atoms with E-state index in [2.05, 4.69) is 117 Å². The van der Waals surface area contributed by atoms with Crippen LogP contribution in [0.5, 0.6) is 0 Å². The van der Waals surface area contributed by atoms with Gasteiger partial charge >= 0.3 is 0 Å². The average Bonchev–Trinajstić information content (AvgIpc) is 2.88. The van der Waals surface area contributed by atoms with Crippen molar-refractivity contribution in [3.8, 4) is 11.1 Å². The summed E-state index contributed by atoms with van der Waals surface area (Å²) in [5.41, 5.74) is 7.84. The molecular weight excluding hydrogens is 439 g/mol. The fourth-order valence-electron chi connectivity index (χ4n) is 4.32. The number of fused-ring (bicyclic) bond motifs is 2. The third-order valence-electron chi connectivity index (χ3n) is 5.67. The van der Waals surface area contributed by atoms with Crippen LogP contribution < -0.4 is 0 Å². The molecular formula is C26H23I. The molecule has 0 heterocycles. The lowest BCUT2D eigenvalue weighted by atomic mass is 9.80. The summed E-state index contributed by atoms with van der Waals surface area (Å²) in [6.45, 7) is 10.8. The maximum absolute atomic E-state index is 4.09. The number of hydrogen-bond acceptors (Lipinski definition) is 0. The van der Waals surface area contributed by atoms with Crippen LogP contribution in [0.25, 0.3) is 27.5 Å². The van der Waals surface area contributed by atoms with Gasteiger partial charge in [0.05, 0.1) is 0 Å². The lowest BCUT2D eigenvalue weighted by molar-refractivity contribution is 0.655. The maximum Gasteiger partial charge on any atom is 0.0209 e. The summed E-state index contributed by atoms with van der Waals surface area (Å²) in [5, 5.41) is 2.63. The first kappa shape index (κ1) is 18.2. The lowest BCUT2D eigenvalue weighted by Gasteiger charge is -2.23. The van der Waals surface area contributed by atoms with Crippen LogP contribution in [0.15, 0.2) is 85.0 Å². The highest BCUT2D eigenvalue weighted by Crippen LogP contribution is 2.48. The number of halogens is 1. The smallest absolute Gasteiger partial charge is 0.0209 e. The molecule has 1 aliphatic rings. The Kier molecular flexibility index (Phi) is 4.59. The molecule has 0 fully saturated rings. The quantitative estimate of drug-likeness (QED) is 0.347. The first-order valence-electron chi connectivity index (χ1n) is 9.31. The van der Waals surface area contributed by atoms with Gasteiger partial charge in [-0.2, -0.15) is 0 Å². The van der Waals surface area contributed by atoms with Crippen LogP contribution in [0.3, 0.4) is 0 Å². The van der Waals surface area contributed by atoms with Gasteiger partial charge in [0, 0.05) is 8.99 Å². The number of allylic oxidation sites excluding steroid dienone is 5. The van der Waals surface area contributed by atoms with E-state index in [0.717, 1.165) is 0 Å². The van der Waals surface area contributed by atoms with Gasteiger partial charge in [-0.1, -0.05) is 81.1 Å². The molecule has 3 aromatic carbocycles. The highest BCUT2D eigenvalue weighted by Gasteiger charge is 2.35. The Labute approximate surface area is 175 Å². The van der Waals surface area contributed by atoms with Crippen molar-refractivity contribution in [1.29, 1.82) is 0 Å². The Bertz CT molecular complexity index is 1130. The van der Waals surface area contributed by atoms with Gasteiger partial charge in [-0.25, -0.2) is 0 Å². The predicted molar refractivity (Wildman–Crippen MR) is 127 cm³/mol. The van der Waals surface area contributed by atoms with Crippen molar-refractivity contribution in [3.63, 3.8) is 0 Å². The predicted octanol–water partition coefficient (Wildman–Crippen LogP) is 7.92. The van der Waals surface area contributed by atoms with Crippen molar-refractivity contribution in [3.05, 3.63) is 99.7 Å². The van der Waals surface area contributed by atoms with Crippen LogP contribution in [0, 0.1) is 3.57 Å². The zero-order valence-electron chi connectivity index (χ0n) is 16.0. The van der Waals surface area contributed by atoms with Crippen molar-refractivity contribution in [2.24, 2.45) is 0 Å². The molecule has 0 N–H and O–H groups in total. The fraction of sp³-hybridized carbons (Fsp3) is 0.154. The molecule has 0 aliphatic heterocycles. The molecule has 0 bridgehead atoms. The largest absolute Gasteiger partial charge is 0.0987 e. The highest BCUT2D eigenvalue weighted by atomic mass is 127. The van der Waals surface area contributed by atoms with E-state index in [-0.39, 0.29) is 5.41 Å². The summed E-state index contributed by atoms with van der Waals surface area (Å²) in [4.78, 5) is 0. The molecule has 27 heavy (non-hydrogen) atoms. The second-order valence-corrected chi connectivity index (χ2v) is 8.72. The summed E-state index contributed by atoms with van der Waals surface area (Å²) in [6, 6.07) is 20.1. The first-order chi connectivity index (χ1) is 13.0. The second-order valence-electron chi connectivity index (χ2n) is 7.56. The van der Waals surface area contributed by atoms with E-state index in [1.807, 2.05) is 6.08 Å². The standard InChI is InChI=1S/C26H23I/c1-5-9-20-21-13-12-17(16-24(21)26(3,4)23(20)6-2)18-14-15-25(27)22-11-8-7-10-19(18)22/h5-16H,2H2,1,3-4H3/b9-5-. The summed E-state index contributed by atoms with van der Waals surface area (Å²) in [7, 11) is 0. The molecule has 0 saturated heterocycles. The van der Waals surface area contributed by atoms with Crippen LogP contribution >= 0.6 is 22.6 Å². The van der Waals surface area contributed by atoms with Crippen molar-refractivity contribution in [2.75, 3.05) is 0 Å². The van der Waals surface area contributed by atoms with Crippen LogP contribution in [0.2, 0.25) is 0 Å². The van der Waals surface area contributed by atoms with Crippen LogP contribution in [-0.2, 0) is 5.41 Å². The van der Waals surface area contributed by atoms with Crippen LogP contribution in [0.1, 0.15) is 31.9 Å². The second kappa shape index (κ2) is 6.79. The van der Waals surface area contributed by atoms with E-state index in [4.69, 9.17) is 0 Å². The molecule has 3 aromatic rings. The molecule has 4 rings (SSSR count). The molecule has 134 valence electrons. The Morgan fingerprint density at radius 1 is 0.926 bits per heavy atom. The fourth-order valence-corrected chi connectivity index (χ4v) is 4.97. The normalized spacial score (nSPS) is 15.6. The molecule has 0 amide bonds. The minimum absolute atomic E-state index is 0.0407. The van der Waals surface area contributed by atoms with E-state index < -0.39 is 0 Å². The van der Waals surface area contributed by atoms with Gasteiger partial charge in [-0.05, 0) is 85.8 Å². The monoisotopic (exact) mass is 462 g/mol. The Hall–Kier alpha value is -2.13. The van der Waals surface area contributed by atoms with Crippen molar-refractivity contribution < 1.29 is 0 Å². The summed E-state index contributed by atoms with van der Waals surface area (Å²) in [5.74, 6) is 0. The highest BCUT2D eigenvalue weighted by molar-refractivity contribution is 14.1. The number of rotatable bonds is 3. The summed E-state index contributed by atoms with van der Waals surface area (Å²) in [6.07, 6.45) is 6.35. The molecule has 1 heteroatoms. The van der Waals surface area contributed by atoms with Gasteiger partial charge in [0.1, 0.15) is 0 Å². The van der Waals surface area contributed by atoms with Crippen molar-refractivity contribution >= 4 is 38.9 Å². The van der Waals surface area contributed by atoms with Crippen LogP contribution in [-0.4, -0.2) is 0 Å². The molecule has 0 aromatic heterocycles. The first-order valence-corrected chi connectivity index (χ1v) is 10.4. The molecule has 0 saturated carbocycles. The topological polar surface area (TPSA) is 0 Å². The molecule has 1 aliphatic carbocycles. The Morgan fingerprint density at radius 2 is 1.63 bits per heavy atom. The number of benzene rings is 3. The molecule has 0 radical (unpaired) electrons. The lowest BCUT2D eigenvalue weighted by Crippen LogP contribution is -2.16. The van der Waals surface area contributed by atoms with Gasteiger partial charge in [0.15, 0.2) is 0 Å². The van der Waals surface area contributed by atoms with Gasteiger partial charge < -0.3 is 0 Å². The van der Waals surface area contributed by atoms with Crippen molar-refractivity contribution in [1.82, 2.24) is 0 Å². The average molecular weight is 462 g/mol. The zero-order chi connectivity index (χ0) is 19.2. The van der Waals surface area contributed by atoms with Crippen molar-refractivity contribution in [2.45, 2.75) is 26.2 Å². The molecule has 0 unspecified atom stereocenters. The van der Waals surface area contributed by atoms with E-state index in [0.29, 0.717) is 0 Å².